The minimum absolute atomic E-state index is 0.0154. The van der Waals surface area contributed by atoms with Gasteiger partial charge in [0.15, 0.2) is 17.5 Å². The molecular weight excluding hydrogens is 325 g/mol. The molecule has 0 saturated heterocycles. The average Bonchev–Trinajstić information content (AvgIpc) is 2.65. The summed E-state index contributed by atoms with van der Waals surface area (Å²) in [6.45, 7) is 2.45. The molecule has 0 spiro atoms. The molecular formula is C21H23F3O. The van der Waals surface area contributed by atoms with E-state index in [1.54, 1.807) is 0 Å². The Morgan fingerprint density at radius 2 is 1.52 bits per heavy atom. The zero-order valence-electron chi connectivity index (χ0n) is 14.4. The van der Waals surface area contributed by atoms with Crippen molar-refractivity contribution in [3.63, 3.8) is 0 Å². The molecule has 25 heavy (non-hydrogen) atoms. The first kappa shape index (κ1) is 17.8. The van der Waals surface area contributed by atoms with E-state index >= 15 is 0 Å². The lowest BCUT2D eigenvalue weighted by molar-refractivity contribution is 0.299. The summed E-state index contributed by atoms with van der Waals surface area (Å²) in [6, 6.07) is 9.91. The molecule has 0 atom stereocenters. The van der Waals surface area contributed by atoms with Crippen molar-refractivity contribution < 1.29 is 17.9 Å². The van der Waals surface area contributed by atoms with Crippen LogP contribution in [0.4, 0.5) is 13.2 Å². The van der Waals surface area contributed by atoms with Crippen LogP contribution < -0.4 is 4.74 Å². The van der Waals surface area contributed by atoms with Crippen LogP contribution in [0.2, 0.25) is 0 Å². The quantitative estimate of drug-likeness (QED) is 0.571. The summed E-state index contributed by atoms with van der Waals surface area (Å²) in [7, 11) is 0. The van der Waals surface area contributed by atoms with E-state index in [1.807, 2.05) is 12.1 Å². The van der Waals surface area contributed by atoms with Gasteiger partial charge in [-0.05, 0) is 48.6 Å². The Bertz CT molecular complexity index is 681. The standard InChI is InChI=1S/C21H23F3O/c1-2-14-3-7-16(8-4-14)17-9-5-15(6-10-17)13-25-18-11-19(22)21(24)20(23)12-18/h5-6,9-12,14,16H,2-4,7-8,13H2,1H3. The second-order valence-corrected chi connectivity index (χ2v) is 6.86. The summed E-state index contributed by atoms with van der Waals surface area (Å²) in [5, 5.41) is 0. The van der Waals surface area contributed by atoms with E-state index in [-0.39, 0.29) is 12.4 Å². The van der Waals surface area contributed by atoms with Crippen LogP contribution in [-0.2, 0) is 6.61 Å². The molecule has 1 fully saturated rings. The summed E-state index contributed by atoms with van der Waals surface area (Å²) < 4.78 is 44.7. The van der Waals surface area contributed by atoms with E-state index in [2.05, 4.69) is 19.1 Å². The molecule has 134 valence electrons. The van der Waals surface area contributed by atoms with E-state index < -0.39 is 17.5 Å². The topological polar surface area (TPSA) is 9.23 Å². The van der Waals surface area contributed by atoms with Crippen LogP contribution in [-0.4, -0.2) is 0 Å². The first-order valence-electron chi connectivity index (χ1n) is 8.93. The molecule has 0 amide bonds. The van der Waals surface area contributed by atoms with Gasteiger partial charge in [-0.15, -0.1) is 0 Å². The van der Waals surface area contributed by atoms with E-state index in [0.29, 0.717) is 5.92 Å². The van der Waals surface area contributed by atoms with Gasteiger partial charge in [-0.3, -0.25) is 0 Å². The maximum absolute atomic E-state index is 13.2. The summed E-state index contributed by atoms with van der Waals surface area (Å²) in [6.07, 6.45) is 6.35. The lowest BCUT2D eigenvalue weighted by Gasteiger charge is -2.28. The minimum Gasteiger partial charge on any atom is -0.489 e. The molecule has 0 bridgehead atoms. The number of hydrogen-bond acceptors (Lipinski definition) is 1. The third-order valence-electron chi connectivity index (χ3n) is 5.24. The van der Waals surface area contributed by atoms with Crippen molar-refractivity contribution in [2.45, 2.75) is 51.6 Å². The second-order valence-electron chi connectivity index (χ2n) is 6.86. The first-order chi connectivity index (χ1) is 12.1. The molecule has 1 aliphatic rings. The molecule has 0 unspecified atom stereocenters. The van der Waals surface area contributed by atoms with Crippen molar-refractivity contribution >= 4 is 0 Å². The van der Waals surface area contributed by atoms with Gasteiger partial charge in [0, 0.05) is 12.1 Å². The maximum atomic E-state index is 13.2. The fraction of sp³-hybridized carbons (Fsp3) is 0.429. The lowest BCUT2D eigenvalue weighted by Crippen LogP contribution is -2.12. The molecule has 2 aromatic rings. The monoisotopic (exact) mass is 348 g/mol. The third kappa shape index (κ3) is 4.36. The smallest absolute Gasteiger partial charge is 0.194 e. The highest BCUT2D eigenvalue weighted by atomic mass is 19.2. The molecule has 0 aromatic heterocycles. The highest BCUT2D eigenvalue weighted by Crippen LogP contribution is 2.36. The van der Waals surface area contributed by atoms with Crippen LogP contribution in [0.1, 0.15) is 56.1 Å². The van der Waals surface area contributed by atoms with Crippen LogP contribution in [0, 0.1) is 23.4 Å². The molecule has 0 radical (unpaired) electrons. The van der Waals surface area contributed by atoms with Gasteiger partial charge in [0.05, 0.1) is 0 Å². The number of rotatable bonds is 5. The lowest BCUT2D eigenvalue weighted by atomic mass is 9.78. The van der Waals surface area contributed by atoms with Gasteiger partial charge in [-0.2, -0.15) is 0 Å². The van der Waals surface area contributed by atoms with Crippen LogP contribution in [0.25, 0.3) is 0 Å². The predicted molar refractivity (Wildman–Crippen MR) is 92.1 cm³/mol. The molecule has 0 aliphatic heterocycles. The fourth-order valence-electron chi connectivity index (χ4n) is 3.57. The largest absolute Gasteiger partial charge is 0.489 e. The Hall–Kier alpha value is -1.97. The van der Waals surface area contributed by atoms with Gasteiger partial charge in [-0.1, -0.05) is 37.6 Å². The van der Waals surface area contributed by atoms with Crippen LogP contribution in [0.15, 0.2) is 36.4 Å². The normalized spacial score (nSPS) is 20.5. The zero-order valence-corrected chi connectivity index (χ0v) is 14.4. The Balaban J connectivity index is 1.58. The van der Waals surface area contributed by atoms with Gasteiger partial charge in [0.25, 0.3) is 0 Å². The summed E-state index contributed by atoms with van der Waals surface area (Å²) in [4.78, 5) is 0. The van der Waals surface area contributed by atoms with Crippen molar-refractivity contribution in [3.8, 4) is 5.75 Å². The number of ether oxygens (including phenoxy) is 1. The van der Waals surface area contributed by atoms with E-state index in [1.165, 1.54) is 37.7 Å². The average molecular weight is 348 g/mol. The van der Waals surface area contributed by atoms with Crippen molar-refractivity contribution in [3.05, 3.63) is 65.0 Å². The molecule has 2 aromatic carbocycles. The predicted octanol–water partition coefficient (Wildman–Crippen LogP) is 6.37. The molecule has 1 nitrogen and oxygen atoms in total. The highest BCUT2D eigenvalue weighted by molar-refractivity contribution is 5.28. The molecule has 4 heteroatoms. The first-order valence-corrected chi connectivity index (χ1v) is 8.93. The van der Waals surface area contributed by atoms with Gasteiger partial charge >= 0.3 is 0 Å². The van der Waals surface area contributed by atoms with Gasteiger partial charge in [0.1, 0.15) is 12.4 Å². The zero-order chi connectivity index (χ0) is 17.8. The van der Waals surface area contributed by atoms with Gasteiger partial charge < -0.3 is 4.74 Å². The van der Waals surface area contributed by atoms with Crippen molar-refractivity contribution in [1.29, 1.82) is 0 Å². The fourth-order valence-corrected chi connectivity index (χ4v) is 3.57. The van der Waals surface area contributed by atoms with Crippen LogP contribution in [0.5, 0.6) is 5.75 Å². The molecule has 0 heterocycles. The minimum atomic E-state index is -1.48. The second kappa shape index (κ2) is 7.94. The maximum Gasteiger partial charge on any atom is 0.194 e. The number of halogens is 3. The van der Waals surface area contributed by atoms with Crippen LogP contribution in [0.3, 0.4) is 0 Å². The SMILES string of the molecule is CCC1CCC(c2ccc(COc3cc(F)c(F)c(F)c3)cc2)CC1. The van der Waals surface area contributed by atoms with Crippen LogP contribution >= 0.6 is 0 Å². The number of hydrogen-bond donors (Lipinski definition) is 0. The summed E-state index contributed by atoms with van der Waals surface area (Å²) >= 11 is 0. The molecule has 0 N–H and O–H groups in total. The Morgan fingerprint density at radius 1 is 0.920 bits per heavy atom. The number of benzene rings is 2. The third-order valence-corrected chi connectivity index (χ3v) is 5.24. The van der Waals surface area contributed by atoms with Gasteiger partial charge in [0.2, 0.25) is 0 Å². The van der Waals surface area contributed by atoms with Crippen molar-refractivity contribution in [2.75, 3.05) is 0 Å². The molecule has 3 rings (SSSR count). The van der Waals surface area contributed by atoms with Crippen molar-refractivity contribution in [1.82, 2.24) is 0 Å². The Labute approximate surface area is 146 Å². The van der Waals surface area contributed by atoms with E-state index in [9.17, 15) is 13.2 Å². The van der Waals surface area contributed by atoms with E-state index in [4.69, 9.17) is 4.74 Å². The highest BCUT2D eigenvalue weighted by Gasteiger charge is 2.21. The van der Waals surface area contributed by atoms with Gasteiger partial charge in [-0.25, -0.2) is 13.2 Å². The van der Waals surface area contributed by atoms with E-state index in [0.717, 1.165) is 23.6 Å². The molecule has 1 aliphatic carbocycles. The Morgan fingerprint density at radius 3 is 2.08 bits per heavy atom. The molecule has 1 saturated carbocycles. The summed E-state index contributed by atoms with van der Waals surface area (Å²) in [5.41, 5.74) is 2.26. The van der Waals surface area contributed by atoms with Crippen molar-refractivity contribution in [2.24, 2.45) is 5.92 Å². The summed E-state index contributed by atoms with van der Waals surface area (Å²) in [5.74, 6) is -2.48. The Kier molecular flexibility index (Phi) is 5.67.